The maximum absolute atomic E-state index is 10.3. The predicted molar refractivity (Wildman–Crippen MR) is 54.5 cm³/mol. The number of carbonyl (C=O) groups excluding carboxylic acids is 1. The summed E-state index contributed by atoms with van der Waals surface area (Å²) in [6, 6.07) is 0. The summed E-state index contributed by atoms with van der Waals surface area (Å²) in [6.07, 6.45) is 4.78. The van der Waals surface area contributed by atoms with Gasteiger partial charge in [-0.05, 0) is 0 Å². The van der Waals surface area contributed by atoms with Crippen LogP contribution in [0.15, 0.2) is 17.3 Å². The quantitative estimate of drug-likeness (QED) is 0.166. The molecule has 0 rings (SSSR count). The number of amides is 1. The fourth-order valence-corrected chi connectivity index (χ4v) is 0.630. The molecule has 0 aromatic carbocycles. The van der Waals surface area contributed by atoms with E-state index in [1.54, 1.807) is 6.08 Å². The van der Waals surface area contributed by atoms with Crippen LogP contribution in [0, 0.1) is 0 Å². The predicted octanol–water partition coefficient (Wildman–Crippen LogP) is -1.47. The van der Waals surface area contributed by atoms with Gasteiger partial charge in [-0.15, -0.1) is 0 Å². The highest BCUT2D eigenvalue weighted by molar-refractivity contribution is 5.75. The fraction of sp³-hybridized carbons (Fsp3) is 0.500. The zero-order valence-electron chi connectivity index (χ0n) is 7.94. The lowest BCUT2D eigenvalue weighted by Crippen LogP contribution is -2.26. The second kappa shape index (κ2) is 9.69. The van der Waals surface area contributed by atoms with Gasteiger partial charge in [-0.25, -0.2) is 4.99 Å². The van der Waals surface area contributed by atoms with Crippen LogP contribution in [0.1, 0.15) is 6.42 Å². The summed E-state index contributed by atoms with van der Waals surface area (Å²) in [5.74, 6) is -0.378. The summed E-state index contributed by atoms with van der Waals surface area (Å²) < 4.78 is 0. The maximum Gasteiger partial charge on any atom is 0.221 e. The van der Waals surface area contributed by atoms with E-state index in [0.29, 0.717) is 13.1 Å². The van der Waals surface area contributed by atoms with Crippen molar-refractivity contribution in [2.45, 2.75) is 6.42 Å². The van der Waals surface area contributed by atoms with Crippen molar-refractivity contribution in [1.82, 2.24) is 10.6 Å². The standard InChI is InChI=1S/C8H16N4O2/c9-8(14)2-1-3-10-6-11-4-5-12-7-13/h1,3,6,12-13H,2,4-5,7H2,(H2,9,14)(H,10,11)/b3-1-. The Labute approximate surface area is 82.9 Å². The Kier molecular flexibility index (Phi) is 8.72. The first-order chi connectivity index (χ1) is 6.77. The molecule has 0 saturated heterocycles. The molecule has 0 aromatic heterocycles. The monoisotopic (exact) mass is 200 g/mol. The van der Waals surface area contributed by atoms with E-state index in [0.717, 1.165) is 0 Å². The Bertz CT molecular complexity index is 204. The number of primary amides is 1. The summed E-state index contributed by atoms with van der Waals surface area (Å²) in [5, 5.41) is 14.0. The summed E-state index contributed by atoms with van der Waals surface area (Å²) in [7, 11) is 0. The van der Waals surface area contributed by atoms with Gasteiger partial charge in [0, 0.05) is 25.7 Å². The number of aliphatic hydroxyl groups is 1. The number of nitrogens with one attached hydrogen (secondary N) is 2. The van der Waals surface area contributed by atoms with E-state index < -0.39 is 0 Å². The molecule has 0 spiro atoms. The highest BCUT2D eigenvalue weighted by Crippen LogP contribution is 1.79. The molecule has 0 aliphatic heterocycles. The normalized spacial score (nSPS) is 11.2. The number of hydrogen-bond donors (Lipinski definition) is 4. The van der Waals surface area contributed by atoms with Crippen LogP contribution >= 0.6 is 0 Å². The maximum atomic E-state index is 10.3. The number of nitrogens with zero attached hydrogens (tertiary/aromatic N) is 1. The van der Waals surface area contributed by atoms with Crippen molar-refractivity contribution in [1.29, 1.82) is 0 Å². The van der Waals surface area contributed by atoms with Crippen LogP contribution in [0.25, 0.3) is 0 Å². The van der Waals surface area contributed by atoms with E-state index in [2.05, 4.69) is 15.6 Å². The molecule has 0 unspecified atom stereocenters. The number of aliphatic imine (C=N–C) groups is 1. The topological polar surface area (TPSA) is 99.7 Å². The summed E-state index contributed by atoms with van der Waals surface area (Å²) >= 11 is 0. The van der Waals surface area contributed by atoms with E-state index in [1.165, 1.54) is 12.5 Å². The first-order valence-electron chi connectivity index (χ1n) is 4.27. The van der Waals surface area contributed by atoms with Gasteiger partial charge in [-0.3, -0.25) is 10.1 Å². The molecule has 0 aromatic rings. The second-order valence-corrected chi connectivity index (χ2v) is 2.45. The van der Waals surface area contributed by atoms with Crippen LogP contribution < -0.4 is 16.4 Å². The first kappa shape index (κ1) is 12.6. The third kappa shape index (κ3) is 10.6. The Morgan fingerprint density at radius 2 is 2.29 bits per heavy atom. The van der Waals surface area contributed by atoms with Crippen molar-refractivity contribution in [3.8, 4) is 0 Å². The van der Waals surface area contributed by atoms with E-state index in [4.69, 9.17) is 10.8 Å². The zero-order chi connectivity index (χ0) is 10.6. The first-order valence-corrected chi connectivity index (χ1v) is 4.27. The summed E-state index contributed by atoms with van der Waals surface area (Å²) in [6.45, 7) is 1.30. The Hall–Kier alpha value is -1.40. The van der Waals surface area contributed by atoms with Gasteiger partial charge in [-0.1, -0.05) is 6.08 Å². The van der Waals surface area contributed by atoms with Crippen LogP contribution in [0.2, 0.25) is 0 Å². The Morgan fingerprint density at radius 1 is 1.50 bits per heavy atom. The minimum atomic E-state index is -0.378. The van der Waals surface area contributed by atoms with E-state index in [-0.39, 0.29) is 19.1 Å². The molecule has 80 valence electrons. The number of carbonyl (C=O) groups is 1. The molecule has 5 N–H and O–H groups in total. The van der Waals surface area contributed by atoms with Crippen LogP contribution in [-0.2, 0) is 4.79 Å². The van der Waals surface area contributed by atoms with Crippen LogP contribution in [-0.4, -0.2) is 37.2 Å². The van der Waals surface area contributed by atoms with Crippen molar-refractivity contribution in [3.63, 3.8) is 0 Å². The molecule has 6 nitrogen and oxygen atoms in total. The minimum absolute atomic E-state index is 0.0304. The molecule has 0 fully saturated rings. The Balaban J connectivity index is 3.26. The smallest absolute Gasteiger partial charge is 0.221 e. The number of aliphatic hydroxyl groups excluding tert-OH is 1. The third-order valence-corrected chi connectivity index (χ3v) is 1.23. The van der Waals surface area contributed by atoms with Crippen molar-refractivity contribution < 1.29 is 9.90 Å². The molecule has 0 aliphatic carbocycles. The van der Waals surface area contributed by atoms with E-state index in [9.17, 15) is 4.79 Å². The summed E-state index contributed by atoms with van der Waals surface area (Å²) in [5.41, 5.74) is 4.90. The molecule has 0 bridgehead atoms. The molecular weight excluding hydrogens is 184 g/mol. The molecule has 0 radical (unpaired) electrons. The molecule has 6 heteroatoms. The van der Waals surface area contributed by atoms with Crippen molar-refractivity contribution >= 4 is 12.2 Å². The number of rotatable bonds is 8. The van der Waals surface area contributed by atoms with Crippen molar-refractivity contribution in [3.05, 3.63) is 12.3 Å². The van der Waals surface area contributed by atoms with Gasteiger partial charge in [0.05, 0.1) is 13.1 Å². The average Bonchev–Trinajstić information content (AvgIpc) is 2.15. The molecule has 1 amide bonds. The zero-order valence-corrected chi connectivity index (χ0v) is 7.94. The second-order valence-electron chi connectivity index (χ2n) is 2.45. The molecule has 0 aliphatic rings. The highest BCUT2D eigenvalue weighted by Gasteiger charge is 1.84. The van der Waals surface area contributed by atoms with Gasteiger partial charge in [0.15, 0.2) is 0 Å². The van der Waals surface area contributed by atoms with Gasteiger partial charge in [-0.2, -0.15) is 0 Å². The van der Waals surface area contributed by atoms with Gasteiger partial charge in [0.1, 0.15) is 0 Å². The molecule has 0 heterocycles. The molecular formula is C8H16N4O2. The van der Waals surface area contributed by atoms with Gasteiger partial charge in [0.25, 0.3) is 0 Å². The van der Waals surface area contributed by atoms with Gasteiger partial charge in [0.2, 0.25) is 5.91 Å². The van der Waals surface area contributed by atoms with Crippen LogP contribution in [0.4, 0.5) is 0 Å². The lowest BCUT2D eigenvalue weighted by molar-refractivity contribution is -0.117. The highest BCUT2D eigenvalue weighted by atomic mass is 16.3. The van der Waals surface area contributed by atoms with Crippen LogP contribution in [0.3, 0.4) is 0 Å². The van der Waals surface area contributed by atoms with Crippen LogP contribution in [0.5, 0.6) is 0 Å². The number of nitrogens with two attached hydrogens (primary N) is 1. The molecule has 0 atom stereocenters. The molecule has 14 heavy (non-hydrogen) atoms. The third-order valence-electron chi connectivity index (χ3n) is 1.23. The Morgan fingerprint density at radius 3 is 2.93 bits per heavy atom. The van der Waals surface area contributed by atoms with E-state index >= 15 is 0 Å². The lowest BCUT2D eigenvalue weighted by atomic mass is 10.4. The van der Waals surface area contributed by atoms with Crippen molar-refractivity contribution in [2.24, 2.45) is 10.7 Å². The summed E-state index contributed by atoms with van der Waals surface area (Å²) in [4.78, 5) is 14.1. The minimum Gasteiger partial charge on any atom is -0.381 e. The molecule has 0 saturated carbocycles. The van der Waals surface area contributed by atoms with Gasteiger partial charge >= 0.3 is 0 Å². The number of hydrogen-bond acceptors (Lipinski definition) is 4. The van der Waals surface area contributed by atoms with Gasteiger partial charge < -0.3 is 16.2 Å². The van der Waals surface area contributed by atoms with E-state index in [1.807, 2.05) is 0 Å². The van der Waals surface area contributed by atoms with Crippen molar-refractivity contribution in [2.75, 3.05) is 19.8 Å². The SMILES string of the molecule is NC(=O)C/C=C\N=C\NCCNCO. The fourth-order valence-electron chi connectivity index (χ4n) is 0.630. The largest absolute Gasteiger partial charge is 0.381 e. The average molecular weight is 200 g/mol. The lowest BCUT2D eigenvalue weighted by Gasteiger charge is -1.98.